The minimum absolute atomic E-state index is 0.113. The Morgan fingerprint density at radius 2 is 1.92 bits per heavy atom. The minimum atomic E-state index is -0.639. The summed E-state index contributed by atoms with van der Waals surface area (Å²) in [6, 6.07) is 13.6. The Bertz CT molecular complexity index is 682. The first kappa shape index (κ1) is 19.4. The average Bonchev–Trinajstić information content (AvgIpc) is 2.59. The molecule has 2 rings (SSSR count). The Morgan fingerprint density at radius 1 is 1.16 bits per heavy atom. The van der Waals surface area contributed by atoms with Crippen LogP contribution in [0.2, 0.25) is 0 Å². The van der Waals surface area contributed by atoms with Gasteiger partial charge in [0.1, 0.15) is 11.6 Å². The lowest BCUT2D eigenvalue weighted by atomic mass is 10.2. The van der Waals surface area contributed by atoms with Gasteiger partial charge in [-0.25, -0.2) is 8.78 Å². The third-order valence-corrected chi connectivity index (χ3v) is 4.64. The molecule has 3 nitrogen and oxygen atoms in total. The van der Waals surface area contributed by atoms with E-state index in [2.05, 4.69) is 22.3 Å². The minimum Gasteiger partial charge on any atom is -0.355 e. The topological polar surface area (TPSA) is 32.3 Å². The molecule has 2 aromatic carbocycles. The maximum atomic E-state index is 13.5. The normalized spacial score (nSPS) is 10.9. The van der Waals surface area contributed by atoms with Gasteiger partial charge in [0.15, 0.2) is 0 Å². The van der Waals surface area contributed by atoms with Crippen LogP contribution in [0.1, 0.15) is 12.0 Å². The maximum Gasteiger partial charge on any atom is 0.230 e. The van der Waals surface area contributed by atoms with Gasteiger partial charge >= 0.3 is 0 Å². The van der Waals surface area contributed by atoms with Crippen LogP contribution in [0.15, 0.2) is 53.4 Å². The average molecular weight is 364 g/mol. The summed E-state index contributed by atoms with van der Waals surface area (Å²) in [7, 11) is 2.04. The van der Waals surface area contributed by atoms with E-state index < -0.39 is 11.6 Å². The summed E-state index contributed by atoms with van der Waals surface area (Å²) in [6.07, 6.45) is 0.838. The third kappa shape index (κ3) is 7.23. The monoisotopic (exact) mass is 364 g/mol. The fourth-order valence-corrected chi connectivity index (χ4v) is 3.09. The molecule has 1 amide bonds. The quantitative estimate of drug-likeness (QED) is 0.544. The van der Waals surface area contributed by atoms with Crippen LogP contribution in [0.3, 0.4) is 0 Å². The van der Waals surface area contributed by atoms with Crippen LogP contribution >= 0.6 is 11.8 Å². The molecule has 1 N–H and O–H groups in total. The van der Waals surface area contributed by atoms with Crippen LogP contribution in [0.5, 0.6) is 0 Å². The zero-order valence-corrected chi connectivity index (χ0v) is 15.0. The van der Waals surface area contributed by atoms with Crippen molar-refractivity contribution < 1.29 is 13.6 Å². The summed E-state index contributed by atoms with van der Waals surface area (Å²) in [5, 5.41) is 2.82. The summed E-state index contributed by atoms with van der Waals surface area (Å²) < 4.78 is 26.3. The second-order valence-corrected chi connectivity index (χ2v) is 6.81. The van der Waals surface area contributed by atoms with Crippen LogP contribution < -0.4 is 5.32 Å². The maximum absolute atomic E-state index is 13.5. The molecule has 134 valence electrons. The fourth-order valence-electron chi connectivity index (χ4n) is 2.34. The Balaban J connectivity index is 1.60. The molecular weight excluding hydrogens is 342 g/mol. The molecule has 0 saturated carbocycles. The van der Waals surface area contributed by atoms with Gasteiger partial charge in [0.05, 0.1) is 5.75 Å². The van der Waals surface area contributed by atoms with E-state index in [9.17, 15) is 13.6 Å². The number of carbonyl (C=O) groups excluding carboxylic acids is 1. The van der Waals surface area contributed by atoms with Gasteiger partial charge in [0.2, 0.25) is 5.91 Å². The largest absolute Gasteiger partial charge is 0.355 e. The molecule has 0 radical (unpaired) electrons. The van der Waals surface area contributed by atoms with Crippen LogP contribution in [0, 0.1) is 11.6 Å². The van der Waals surface area contributed by atoms with E-state index in [1.165, 1.54) is 17.7 Å². The predicted molar refractivity (Wildman–Crippen MR) is 97.5 cm³/mol. The molecule has 0 unspecified atom stereocenters. The van der Waals surface area contributed by atoms with Gasteiger partial charge in [0, 0.05) is 24.1 Å². The van der Waals surface area contributed by atoms with Gasteiger partial charge < -0.3 is 10.2 Å². The van der Waals surface area contributed by atoms with E-state index in [4.69, 9.17) is 0 Å². The van der Waals surface area contributed by atoms with Crippen molar-refractivity contribution in [3.05, 3.63) is 65.7 Å². The van der Waals surface area contributed by atoms with Gasteiger partial charge in [-0.15, -0.1) is 11.8 Å². The third-order valence-electron chi connectivity index (χ3n) is 3.59. The van der Waals surface area contributed by atoms with Crippen molar-refractivity contribution in [3.63, 3.8) is 0 Å². The van der Waals surface area contributed by atoms with E-state index in [0.717, 1.165) is 37.3 Å². The highest BCUT2D eigenvalue weighted by Gasteiger charge is 2.08. The fraction of sp³-hybridized carbons (Fsp3) is 0.316. The highest BCUT2D eigenvalue weighted by atomic mass is 32.2. The summed E-state index contributed by atoms with van der Waals surface area (Å²) >= 11 is 1.07. The van der Waals surface area contributed by atoms with E-state index in [1.54, 1.807) is 0 Å². The lowest BCUT2D eigenvalue weighted by molar-refractivity contribution is -0.118. The van der Waals surface area contributed by atoms with Crippen LogP contribution in [0.25, 0.3) is 0 Å². The lowest BCUT2D eigenvalue weighted by Crippen LogP contribution is -2.29. The number of benzene rings is 2. The first-order valence-corrected chi connectivity index (χ1v) is 9.10. The van der Waals surface area contributed by atoms with Crippen molar-refractivity contribution in [2.75, 3.05) is 25.9 Å². The van der Waals surface area contributed by atoms with Crippen molar-refractivity contribution in [1.82, 2.24) is 10.2 Å². The smallest absolute Gasteiger partial charge is 0.230 e. The molecule has 0 fully saturated rings. The number of carbonyl (C=O) groups is 1. The lowest BCUT2D eigenvalue weighted by Gasteiger charge is -2.16. The first-order valence-electron chi connectivity index (χ1n) is 8.11. The van der Waals surface area contributed by atoms with E-state index >= 15 is 0 Å². The summed E-state index contributed by atoms with van der Waals surface area (Å²) in [5.41, 5.74) is 1.26. The number of halogens is 2. The highest BCUT2D eigenvalue weighted by molar-refractivity contribution is 8.00. The highest BCUT2D eigenvalue weighted by Crippen LogP contribution is 2.21. The van der Waals surface area contributed by atoms with Crippen LogP contribution in [-0.2, 0) is 11.3 Å². The van der Waals surface area contributed by atoms with Crippen LogP contribution in [-0.4, -0.2) is 36.7 Å². The zero-order chi connectivity index (χ0) is 18.1. The second-order valence-electron chi connectivity index (χ2n) is 5.79. The van der Waals surface area contributed by atoms with Gasteiger partial charge in [-0.05, 0) is 37.7 Å². The van der Waals surface area contributed by atoms with Crippen molar-refractivity contribution in [2.45, 2.75) is 17.9 Å². The molecule has 0 spiro atoms. The molecule has 0 bridgehead atoms. The number of thioether (sulfide) groups is 1. The molecule has 0 heterocycles. The number of nitrogens with one attached hydrogen (secondary N) is 1. The second kappa shape index (κ2) is 10.2. The Labute approximate surface area is 151 Å². The van der Waals surface area contributed by atoms with Crippen molar-refractivity contribution in [2.24, 2.45) is 0 Å². The molecule has 0 aromatic heterocycles. The number of hydrogen-bond donors (Lipinski definition) is 1. The number of hydrogen-bond acceptors (Lipinski definition) is 3. The van der Waals surface area contributed by atoms with Crippen molar-refractivity contribution >= 4 is 17.7 Å². The first-order chi connectivity index (χ1) is 12.0. The zero-order valence-electron chi connectivity index (χ0n) is 14.2. The van der Waals surface area contributed by atoms with Crippen molar-refractivity contribution in [3.8, 4) is 0 Å². The Kier molecular flexibility index (Phi) is 7.88. The molecule has 0 atom stereocenters. The molecular formula is C19H22F2N2OS. The molecule has 6 heteroatoms. The van der Waals surface area contributed by atoms with E-state index in [-0.39, 0.29) is 16.6 Å². The van der Waals surface area contributed by atoms with Crippen molar-refractivity contribution in [1.29, 1.82) is 0 Å². The molecule has 0 saturated heterocycles. The molecule has 25 heavy (non-hydrogen) atoms. The van der Waals surface area contributed by atoms with E-state index in [0.29, 0.717) is 6.54 Å². The Hall–Kier alpha value is -1.92. The standard InChI is InChI=1S/C19H22F2N2OS/c1-23(13-15-6-3-2-4-7-15)11-5-10-22-19(24)14-25-18-9-8-16(20)12-17(18)21/h2-4,6-9,12H,5,10-11,13-14H2,1H3,(H,22,24). The van der Waals surface area contributed by atoms with Gasteiger partial charge in [0.25, 0.3) is 0 Å². The number of nitrogens with zero attached hydrogens (tertiary/aromatic N) is 1. The number of amides is 1. The molecule has 0 aliphatic carbocycles. The van der Waals surface area contributed by atoms with Crippen LogP contribution in [0.4, 0.5) is 8.78 Å². The van der Waals surface area contributed by atoms with Gasteiger partial charge in [-0.2, -0.15) is 0 Å². The summed E-state index contributed by atoms with van der Waals surface area (Å²) in [6.45, 7) is 2.31. The summed E-state index contributed by atoms with van der Waals surface area (Å²) in [5.74, 6) is -1.30. The summed E-state index contributed by atoms with van der Waals surface area (Å²) in [4.78, 5) is 14.3. The SMILES string of the molecule is CN(CCCNC(=O)CSc1ccc(F)cc1F)Cc1ccccc1. The molecule has 2 aromatic rings. The van der Waals surface area contributed by atoms with E-state index in [1.807, 2.05) is 25.2 Å². The molecule has 0 aliphatic rings. The molecule has 0 aliphatic heterocycles. The van der Waals surface area contributed by atoms with Gasteiger partial charge in [-0.1, -0.05) is 30.3 Å². The predicted octanol–water partition coefficient (Wildman–Crippen LogP) is 3.70. The van der Waals surface area contributed by atoms with Gasteiger partial charge in [-0.3, -0.25) is 4.79 Å². The Morgan fingerprint density at radius 3 is 2.64 bits per heavy atom. The number of rotatable bonds is 9.